The van der Waals surface area contributed by atoms with Crippen LogP contribution in [0.1, 0.15) is 24.8 Å². The Hall–Kier alpha value is -0.870. The third-order valence-electron chi connectivity index (χ3n) is 2.82. The molecule has 2 heterocycles. The number of rotatable bonds is 5. The van der Waals surface area contributed by atoms with Crippen molar-refractivity contribution in [3.05, 3.63) is 17.5 Å². The van der Waals surface area contributed by atoms with Gasteiger partial charge in [-0.1, -0.05) is 12.1 Å². The van der Waals surface area contributed by atoms with Crippen molar-refractivity contribution < 1.29 is 4.52 Å². The number of hydrogen-bond acceptors (Lipinski definition) is 4. The maximum atomic E-state index is 5.25. The summed E-state index contributed by atoms with van der Waals surface area (Å²) >= 11 is 0. The molecule has 0 saturated carbocycles. The molecule has 2 rings (SSSR count). The first kappa shape index (κ1) is 10.6. The summed E-state index contributed by atoms with van der Waals surface area (Å²) in [6.45, 7) is 8.40. The van der Waals surface area contributed by atoms with Crippen LogP contribution in [0.5, 0.6) is 0 Å². The second-order valence-electron chi connectivity index (χ2n) is 4.22. The van der Waals surface area contributed by atoms with Gasteiger partial charge in [0.2, 0.25) is 0 Å². The minimum atomic E-state index is 0.676. The quantitative estimate of drug-likeness (QED) is 0.790. The lowest BCUT2D eigenvalue weighted by molar-refractivity contribution is 0.125. The molecule has 0 aliphatic carbocycles. The molecule has 84 valence electrons. The van der Waals surface area contributed by atoms with Gasteiger partial charge in [-0.05, 0) is 19.9 Å². The lowest BCUT2D eigenvalue weighted by Crippen LogP contribution is -2.56. The summed E-state index contributed by atoms with van der Waals surface area (Å²) in [7, 11) is 0. The minimum Gasteiger partial charge on any atom is -0.360 e. The predicted octanol–water partition coefficient (Wildman–Crippen LogP) is 1.17. The average Bonchev–Trinajstić information content (AvgIpc) is 2.48. The third-order valence-corrected chi connectivity index (χ3v) is 2.82. The highest BCUT2D eigenvalue weighted by Crippen LogP contribution is 2.12. The Balaban J connectivity index is 1.93. The van der Waals surface area contributed by atoms with E-state index in [1.165, 1.54) is 6.42 Å². The monoisotopic (exact) mass is 209 g/mol. The van der Waals surface area contributed by atoms with Gasteiger partial charge < -0.3 is 9.84 Å². The van der Waals surface area contributed by atoms with Gasteiger partial charge in [-0.25, -0.2) is 0 Å². The number of aromatic nitrogens is 1. The molecule has 0 radical (unpaired) electrons. The van der Waals surface area contributed by atoms with Crippen molar-refractivity contribution in [2.75, 3.05) is 19.6 Å². The van der Waals surface area contributed by atoms with Crippen LogP contribution in [0.25, 0.3) is 0 Å². The second-order valence-corrected chi connectivity index (χ2v) is 4.22. The van der Waals surface area contributed by atoms with Crippen LogP contribution in [0.15, 0.2) is 10.6 Å². The van der Waals surface area contributed by atoms with Crippen LogP contribution < -0.4 is 5.32 Å². The fourth-order valence-electron chi connectivity index (χ4n) is 1.90. The zero-order valence-electron chi connectivity index (χ0n) is 9.49. The topological polar surface area (TPSA) is 41.3 Å². The van der Waals surface area contributed by atoms with Gasteiger partial charge in [-0.2, -0.15) is 0 Å². The van der Waals surface area contributed by atoms with Crippen LogP contribution in [0.4, 0.5) is 0 Å². The minimum absolute atomic E-state index is 0.676. The molecule has 4 heteroatoms. The standard InChI is InChI=1S/C11H19N3O/c1-3-4-14(10-6-12-7-10)8-11-5-9(2)13-15-11/h5,10,12H,3-4,6-8H2,1-2H3. The Morgan fingerprint density at radius 2 is 2.40 bits per heavy atom. The maximum Gasteiger partial charge on any atom is 0.150 e. The fraction of sp³-hybridized carbons (Fsp3) is 0.727. The summed E-state index contributed by atoms with van der Waals surface area (Å²) in [5.41, 5.74) is 0.966. The van der Waals surface area contributed by atoms with Crippen molar-refractivity contribution in [3.8, 4) is 0 Å². The Morgan fingerprint density at radius 1 is 1.60 bits per heavy atom. The summed E-state index contributed by atoms with van der Waals surface area (Å²) < 4.78 is 5.25. The van der Waals surface area contributed by atoms with E-state index < -0.39 is 0 Å². The van der Waals surface area contributed by atoms with Crippen LogP contribution in [-0.2, 0) is 6.54 Å². The lowest BCUT2D eigenvalue weighted by Gasteiger charge is -2.37. The first-order chi connectivity index (χ1) is 7.29. The van der Waals surface area contributed by atoms with Crippen LogP contribution in [0.3, 0.4) is 0 Å². The summed E-state index contributed by atoms with van der Waals surface area (Å²) in [5, 5.41) is 7.22. The highest BCUT2D eigenvalue weighted by atomic mass is 16.5. The molecule has 0 atom stereocenters. The first-order valence-corrected chi connectivity index (χ1v) is 5.66. The molecular formula is C11H19N3O. The van der Waals surface area contributed by atoms with E-state index in [1.54, 1.807) is 0 Å². The molecule has 0 spiro atoms. The van der Waals surface area contributed by atoms with E-state index >= 15 is 0 Å². The molecule has 1 saturated heterocycles. The predicted molar refractivity (Wildman–Crippen MR) is 58.6 cm³/mol. The van der Waals surface area contributed by atoms with E-state index in [1.807, 2.05) is 13.0 Å². The lowest BCUT2D eigenvalue weighted by atomic mass is 10.1. The van der Waals surface area contributed by atoms with Gasteiger partial charge in [0.1, 0.15) is 0 Å². The van der Waals surface area contributed by atoms with Gasteiger partial charge in [0, 0.05) is 25.2 Å². The molecule has 15 heavy (non-hydrogen) atoms. The van der Waals surface area contributed by atoms with Gasteiger partial charge in [-0.3, -0.25) is 4.90 Å². The summed E-state index contributed by atoms with van der Waals surface area (Å²) in [6, 6.07) is 2.70. The van der Waals surface area contributed by atoms with Crippen molar-refractivity contribution >= 4 is 0 Å². The molecule has 0 amide bonds. The Morgan fingerprint density at radius 3 is 2.87 bits per heavy atom. The largest absolute Gasteiger partial charge is 0.360 e. The van der Waals surface area contributed by atoms with Crippen LogP contribution >= 0.6 is 0 Å². The van der Waals surface area contributed by atoms with Gasteiger partial charge >= 0.3 is 0 Å². The number of nitrogens with one attached hydrogen (secondary N) is 1. The van der Waals surface area contributed by atoms with E-state index in [0.29, 0.717) is 6.04 Å². The van der Waals surface area contributed by atoms with Crippen molar-refractivity contribution in [2.24, 2.45) is 0 Å². The SMILES string of the molecule is CCCN(Cc1cc(C)no1)C1CNC1. The van der Waals surface area contributed by atoms with Gasteiger partial charge in [0.05, 0.1) is 12.2 Å². The molecular weight excluding hydrogens is 190 g/mol. The van der Waals surface area contributed by atoms with Crippen LogP contribution in [-0.4, -0.2) is 35.7 Å². The maximum absolute atomic E-state index is 5.25. The summed E-state index contributed by atoms with van der Waals surface area (Å²) in [5.74, 6) is 0.979. The number of aryl methyl sites for hydroxylation is 1. The number of hydrogen-bond donors (Lipinski definition) is 1. The van der Waals surface area contributed by atoms with E-state index in [0.717, 1.165) is 37.6 Å². The van der Waals surface area contributed by atoms with Crippen molar-refractivity contribution in [1.82, 2.24) is 15.4 Å². The zero-order chi connectivity index (χ0) is 10.7. The molecule has 1 N–H and O–H groups in total. The molecule has 1 aliphatic rings. The van der Waals surface area contributed by atoms with E-state index in [2.05, 4.69) is 22.3 Å². The second kappa shape index (κ2) is 4.77. The van der Waals surface area contributed by atoms with Gasteiger partial charge in [-0.15, -0.1) is 0 Å². The molecule has 4 nitrogen and oxygen atoms in total. The summed E-state index contributed by atoms with van der Waals surface area (Å²) in [4.78, 5) is 2.47. The highest BCUT2D eigenvalue weighted by Gasteiger charge is 2.24. The molecule has 1 aromatic rings. The Bertz CT molecular complexity index is 307. The van der Waals surface area contributed by atoms with Crippen LogP contribution in [0, 0.1) is 6.92 Å². The van der Waals surface area contributed by atoms with Crippen LogP contribution in [0.2, 0.25) is 0 Å². The Labute approximate surface area is 90.6 Å². The smallest absolute Gasteiger partial charge is 0.150 e. The zero-order valence-corrected chi connectivity index (χ0v) is 9.49. The molecule has 0 aromatic carbocycles. The van der Waals surface area contributed by atoms with Crippen molar-refractivity contribution in [3.63, 3.8) is 0 Å². The van der Waals surface area contributed by atoms with Gasteiger partial charge in [0.15, 0.2) is 5.76 Å². The Kier molecular flexibility index (Phi) is 3.38. The third kappa shape index (κ3) is 2.58. The highest BCUT2D eigenvalue weighted by molar-refractivity contribution is 5.03. The first-order valence-electron chi connectivity index (χ1n) is 5.66. The molecule has 0 bridgehead atoms. The van der Waals surface area contributed by atoms with E-state index in [9.17, 15) is 0 Å². The molecule has 1 aromatic heterocycles. The molecule has 1 fully saturated rings. The normalized spacial score (nSPS) is 17.0. The van der Waals surface area contributed by atoms with Crippen molar-refractivity contribution in [1.29, 1.82) is 0 Å². The van der Waals surface area contributed by atoms with E-state index in [4.69, 9.17) is 4.52 Å². The van der Waals surface area contributed by atoms with E-state index in [-0.39, 0.29) is 0 Å². The number of nitrogens with zero attached hydrogens (tertiary/aromatic N) is 2. The summed E-state index contributed by atoms with van der Waals surface area (Å²) in [6.07, 6.45) is 1.18. The average molecular weight is 209 g/mol. The van der Waals surface area contributed by atoms with Crippen molar-refractivity contribution in [2.45, 2.75) is 32.9 Å². The molecule has 1 aliphatic heterocycles. The fourth-order valence-corrected chi connectivity index (χ4v) is 1.90. The van der Waals surface area contributed by atoms with Gasteiger partial charge in [0.25, 0.3) is 0 Å². The molecule has 0 unspecified atom stereocenters.